The molecule has 0 unspecified atom stereocenters. The number of nitrogens with zero attached hydrogens (tertiary/aromatic N) is 4. The van der Waals surface area contributed by atoms with Crippen molar-refractivity contribution in [3.05, 3.63) is 46.6 Å². The van der Waals surface area contributed by atoms with Crippen LogP contribution in [0.2, 0.25) is 0 Å². The van der Waals surface area contributed by atoms with E-state index in [9.17, 15) is 19.5 Å². The van der Waals surface area contributed by atoms with Crippen LogP contribution in [0, 0.1) is 0 Å². The summed E-state index contributed by atoms with van der Waals surface area (Å²) in [6.07, 6.45) is 0. The van der Waals surface area contributed by atoms with Gasteiger partial charge in [0.05, 0.1) is 10.2 Å². The van der Waals surface area contributed by atoms with Crippen molar-refractivity contribution in [3.8, 4) is 0 Å². The Morgan fingerprint density at radius 3 is 2.86 bits per heavy atom. The second kappa shape index (κ2) is 10.1. The van der Waals surface area contributed by atoms with E-state index in [2.05, 4.69) is 20.4 Å². The topological polar surface area (TPSA) is 160 Å². The van der Waals surface area contributed by atoms with E-state index < -0.39 is 29.2 Å². The Labute approximate surface area is 220 Å². The van der Waals surface area contributed by atoms with E-state index in [1.807, 2.05) is 24.3 Å². The van der Waals surface area contributed by atoms with E-state index in [4.69, 9.17) is 10.6 Å². The minimum atomic E-state index is -1.18. The van der Waals surface area contributed by atoms with Gasteiger partial charge in [-0.25, -0.2) is 14.8 Å². The molecule has 0 saturated carbocycles. The van der Waals surface area contributed by atoms with Gasteiger partial charge in [0.2, 0.25) is 0 Å². The first-order valence-electron chi connectivity index (χ1n) is 10.4. The molecule has 2 amide bonds. The third-order valence-electron chi connectivity index (χ3n) is 5.34. The Morgan fingerprint density at radius 1 is 1.36 bits per heavy atom. The number of nitrogens with one attached hydrogen (secondary N) is 1. The van der Waals surface area contributed by atoms with Crippen molar-refractivity contribution in [2.45, 2.75) is 15.8 Å². The van der Waals surface area contributed by atoms with Gasteiger partial charge in [-0.05, 0) is 17.7 Å². The zero-order valence-electron chi connectivity index (χ0n) is 18.5. The average Bonchev–Trinajstić information content (AvgIpc) is 3.49. The molecular formula is C21H18N6O5S4. The number of carboxylic acid groups (broad SMARTS) is 1. The van der Waals surface area contributed by atoms with Gasteiger partial charge in [-0.3, -0.25) is 14.5 Å². The Balaban J connectivity index is 1.31. The summed E-state index contributed by atoms with van der Waals surface area (Å²) in [5.74, 6) is -1.56. The van der Waals surface area contributed by atoms with Crippen molar-refractivity contribution in [3.63, 3.8) is 0 Å². The van der Waals surface area contributed by atoms with E-state index in [0.29, 0.717) is 17.1 Å². The van der Waals surface area contributed by atoms with Crippen LogP contribution in [0.3, 0.4) is 0 Å². The number of thioether (sulfide) groups is 2. The molecule has 4 heterocycles. The van der Waals surface area contributed by atoms with Gasteiger partial charge in [0, 0.05) is 16.9 Å². The van der Waals surface area contributed by atoms with E-state index >= 15 is 0 Å². The number of aromatic nitrogens is 2. The zero-order chi connectivity index (χ0) is 25.4. The van der Waals surface area contributed by atoms with Crippen LogP contribution in [0.5, 0.6) is 0 Å². The third kappa shape index (κ3) is 4.54. The molecule has 15 heteroatoms. The van der Waals surface area contributed by atoms with Crippen molar-refractivity contribution in [1.82, 2.24) is 20.2 Å². The van der Waals surface area contributed by atoms with Crippen molar-refractivity contribution >= 4 is 85.0 Å². The van der Waals surface area contributed by atoms with Crippen LogP contribution >= 0.6 is 46.2 Å². The SMILES string of the molecule is CON=C(C(=O)N[C@H]1C(=O)N2C(C(=O)O)=C(CSc3nc4ccccc4s3)CS[C@@H]12)c1csc(N)n1. The Kier molecular flexibility index (Phi) is 6.87. The number of thiazole rings is 2. The summed E-state index contributed by atoms with van der Waals surface area (Å²) in [7, 11) is 1.29. The van der Waals surface area contributed by atoms with Gasteiger partial charge < -0.3 is 21.0 Å². The number of nitrogen functional groups attached to an aromatic ring is 1. The number of β-lactam (4-membered cyclic amide) rings is 1. The number of carbonyl (C=O) groups excluding carboxylic acids is 2. The lowest BCUT2D eigenvalue weighted by molar-refractivity contribution is -0.150. The molecule has 1 fully saturated rings. The fourth-order valence-electron chi connectivity index (χ4n) is 3.76. The molecule has 0 spiro atoms. The normalized spacial score (nSPS) is 19.8. The maximum Gasteiger partial charge on any atom is 0.352 e. The molecule has 186 valence electrons. The number of rotatable bonds is 8. The second-order valence-electron chi connectivity index (χ2n) is 7.55. The first-order chi connectivity index (χ1) is 17.4. The molecule has 3 aromatic rings. The van der Waals surface area contributed by atoms with Gasteiger partial charge in [-0.15, -0.1) is 34.4 Å². The summed E-state index contributed by atoms with van der Waals surface area (Å²) >= 11 is 5.51. The number of amides is 2. The molecule has 2 aliphatic heterocycles. The highest BCUT2D eigenvalue weighted by Crippen LogP contribution is 2.42. The minimum Gasteiger partial charge on any atom is -0.477 e. The first kappa shape index (κ1) is 24.5. The maximum absolute atomic E-state index is 13.0. The summed E-state index contributed by atoms with van der Waals surface area (Å²) in [5, 5.41) is 17.5. The smallest absolute Gasteiger partial charge is 0.352 e. The quantitative estimate of drug-likeness (QED) is 0.161. The molecule has 5 rings (SSSR count). The summed E-state index contributed by atoms with van der Waals surface area (Å²) in [6, 6.07) is 6.87. The molecule has 0 radical (unpaired) electrons. The predicted octanol–water partition coefficient (Wildman–Crippen LogP) is 2.22. The highest BCUT2D eigenvalue weighted by molar-refractivity contribution is 8.02. The number of oxime groups is 1. The van der Waals surface area contributed by atoms with Crippen LogP contribution in [0.15, 0.2) is 50.4 Å². The standard InChI is InChI=1S/C21H18N6O5S4/c1-32-26-13(11-8-34-20(22)23-11)16(28)25-14-17(29)27-15(19(30)31)9(6-33-18(14)27)7-35-21-24-10-4-2-3-5-12(10)36-21/h2-5,8,14,18H,6-7H2,1H3,(H2,22,23)(H,25,28)(H,30,31)/t14-,18-/m0/s1. The van der Waals surface area contributed by atoms with E-state index in [0.717, 1.165) is 25.9 Å². The number of nitrogens with two attached hydrogens (primary N) is 1. The number of anilines is 1. The van der Waals surface area contributed by atoms with Crippen molar-refractivity contribution in [2.75, 3.05) is 24.3 Å². The van der Waals surface area contributed by atoms with E-state index in [1.165, 1.54) is 46.9 Å². The molecule has 4 N–H and O–H groups in total. The van der Waals surface area contributed by atoms with Crippen molar-refractivity contribution in [1.29, 1.82) is 0 Å². The summed E-state index contributed by atoms with van der Waals surface area (Å²) in [4.78, 5) is 52.6. The van der Waals surface area contributed by atoms with Gasteiger partial charge >= 0.3 is 5.97 Å². The highest BCUT2D eigenvalue weighted by atomic mass is 32.2. The predicted molar refractivity (Wildman–Crippen MR) is 140 cm³/mol. The van der Waals surface area contributed by atoms with Gasteiger partial charge in [-0.2, -0.15) is 0 Å². The lowest BCUT2D eigenvalue weighted by atomic mass is 10.0. The molecule has 2 aliphatic rings. The number of carbonyl (C=O) groups is 3. The summed E-state index contributed by atoms with van der Waals surface area (Å²) in [5.41, 5.74) is 7.22. The molecule has 11 nitrogen and oxygen atoms in total. The number of benzene rings is 1. The van der Waals surface area contributed by atoms with E-state index in [-0.39, 0.29) is 22.2 Å². The molecular weight excluding hydrogens is 545 g/mol. The van der Waals surface area contributed by atoms with Crippen LogP contribution in [-0.4, -0.2) is 73.5 Å². The molecule has 1 aromatic carbocycles. The largest absolute Gasteiger partial charge is 0.477 e. The third-order valence-corrected chi connectivity index (χ3v) is 9.62. The Bertz CT molecular complexity index is 1400. The number of hydrogen-bond acceptors (Lipinski definition) is 12. The first-order valence-corrected chi connectivity index (χ1v) is 14.1. The van der Waals surface area contributed by atoms with Gasteiger partial charge in [0.1, 0.15) is 29.9 Å². The fraction of sp³-hybridized carbons (Fsp3) is 0.238. The van der Waals surface area contributed by atoms with Gasteiger partial charge in [0.15, 0.2) is 15.2 Å². The average molecular weight is 563 g/mol. The summed E-state index contributed by atoms with van der Waals surface area (Å²) < 4.78 is 1.88. The van der Waals surface area contributed by atoms with Crippen LogP contribution in [0.1, 0.15) is 5.69 Å². The Morgan fingerprint density at radius 2 is 2.17 bits per heavy atom. The summed E-state index contributed by atoms with van der Waals surface area (Å²) in [6.45, 7) is 0. The monoisotopic (exact) mass is 562 g/mol. The molecule has 2 atom stereocenters. The number of para-hydroxylation sites is 1. The fourth-order valence-corrected chi connectivity index (χ4v) is 7.86. The van der Waals surface area contributed by atoms with Gasteiger partial charge in [0.25, 0.3) is 11.8 Å². The lowest BCUT2D eigenvalue weighted by Crippen LogP contribution is -2.71. The molecule has 1 saturated heterocycles. The molecule has 0 bridgehead atoms. The van der Waals surface area contributed by atoms with Crippen LogP contribution < -0.4 is 11.1 Å². The number of hydrogen-bond donors (Lipinski definition) is 3. The molecule has 0 aliphatic carbocycles. The Hall–Kier alpha value is -3.14. The van der Waals surface area contributed by atoms with Crippen molar-refractivity contribution < 1.29 is 24.3 Å². The van der Waals surface area contributed by atoms with E-state index in [1.54, 1.807) is 5.38 Å². The van der Waals surface area contributed by atoms with Gasteiger partial charge in [-0.1, -0.05) is 29.1 Å². The number of fused-ring (bicyclic) bond motifs is 2. The number of aliphatic carboxylic acids is 1. The van der Waals surface area contributed by atoms with Crippen LogP contribution in [0.4, 0.5) is 5.13 Å². The number of carboxylic acids is 1. The molecule has 2 aromatic heterocycles. The molecule has 36 heavy (non-hydrogen) atoms. The van der Waals surface area contributed by atoms with Crippen LogP contribution in [-0.2, 0) is 19.2 Å². The zero-order valence-corrected chi connectivity index (χ0v) is 21.8. The van der Waals surface area contributed by atoms with Crippen LogP contribution in [0.25, 0.3) is 10.2 Å². The van der Waals surface area contributed by atoms with Crippen molar-refractivity contribution in [2.24, 2.45) is 5.16 Å². The lowest BCUT2D eigenvalue weighted by Gasteiger charge is -2.49. The minimum absolute atomic E-state index is 0.0408. The maximum atomic E-state index is 13.0. The highest BCUT2D eigenvalue weighted by Gasteiger charge is 2.54. The second-order valence-corrected chi connectivity index (χ2v) is 11.8.